The molecule has 1 spiro atoms. The second-order valence-electron chi connectivity index (χ2n) is 11.1. The van der Waals surface area contributed by atoms with Crippen molar-refractivity contribution < 1.29 is 23.4 Å². The predicted octanol–water partition coefficient (Wildman–Crippen LogP) is 3.25. The van der Waals surface area contributed by atoms with Gasteiger partial charge in [-0.3, -0.25) is 0 Å². The smallest absolute Gasteiger partial charge is 0.211 e. The minimum absolute atomic E-state index is 0.00151. The molecule has 2 fully saturated rings. The summed E-state index contributed by atoms with van der Waals surface area (Å²) in [5, 5.41) is 32.2. The van der Waals surface area contributed by atoms with E-state index in [2.05, 4.69) is 10.2 Å². The third-order valence-corrected chi connectivity index (χ3v) is 9.39. The molecule has 13 heteroatoms. The van der Waals surface area contributed by atoms with Crippen LogP contribution in [0.2, 0.25) is 5.02 Å². The maximum absolute atomic E-state index is 12.0. The Morgan fingerprint density at radius 1 is 1.24 bits per heavy atom. The van der Waals surface area contributed by atoms with Crippen molar-refractivity contribution in [3.8, 4) is 17.1 Å². The second-order valence-corrected chi connectivity index (χ2v) is 13.5. The summed E-state index contributed by atoms with van der Waals surface area (Å²) in [5.41, 5.74) is 2.18. The highest BCUT2D eigenvalue weighted by molar-refractivity contribution is 7.88. The number of benzene rings is 1. The van der Waals surface area contributed by atoms with Crippen molar-refractivity contribution in [1.29, 1.82) is 5.41 Å². The van der Waals surface area contributed by atoms with Gasteiger partial charge in [-0.25, -0.2) is 22.7 Å². The zero-order chi connectivity index (χ0) is 30.1. The van der Waals surface area contributed by atoms with Gasteiger partial charge in [-0.05, 0) is 58.9 Å². The first-order chi connectivity index (χ1) is 19.2. The van der Waals surface area contributed by atoms with Crippen LogP contribution in [0.15, 0.2) is 24.0 Å². The number of ether oxygens (including phenoxy) is 1. The van der Waals surface area contributed by atoms with E-state index in [0.29, 0.717) is 72.0 Å². The molecular weight excluding hydrogens is 568 g/mol. The molecule has 2 aliphatic heterocycles. The minimum Gasteiger partial charge on any atom is -0.512 e. The van der Waals surface area contributed by atoms with Crippen LogP contribution in [-0.2, 0) is 10.0 Å². The average molecular weight is 607 g/mol. The van der Waals surface area contributed by atoms with Gasteiger partial charge in [0.15, 0.2) is 5.82 Å². The predicted molar refractivity (Wildman–Crippen MR) is 162 cm³/mol. The normalized spacial score (nSPS) is 18.6. The Hall–Kier alpha value is -2.77. The molecular formula is C28H39ClN6O5S. The lowest BCUT2D eigenvalue weighted by Crippen LogP contribution is -2.61. The number of rotatable bonds is 10. The molecule has 1 atom stereocenters. The molecule has 4 N–H and O–H groups in total. The fourth-order valence-corrected chi connectivity index (χ4v) is 6.62. The van der Waals surface area contributed by atoms with Crippen molar-refractivity contribution >= 4 is 38.7 Å². The van der Waals surface area contributed by atoms with Crippen LogP contribution in [0.1, 0.15) is 37.9 Å². The lowest BCUT2D eigenvalue weighted by atomic mass is 9.72. The van der Waals surface area contributed by atoms with Crippen LogP contribution in [0.4, 0.5) is 5.82 Å². The number of hydrogen-bond acceptors (Lipinski definition) is 10. The fourth-order valence-electron chi connectivity index (χ4n) is 5.57. The van der Waals surface area contributed by atoms with Crippen LogP contribution < -0.4 is 15.0 Å². The van der Waals surface area contributed by atoms with Crippen molar-refractivity contribution in [3.05, 3.63) is 40.2 Å². The molecule has 11 nitrogen and oxygen atoms in total. The first-order valence-electron chi connectivity index (χ1n) is 13.5. The van der Waals surface area contributed by atoms with E-state index in [1.807, 2.05) is 6.92 Å². The van der Waals surface area contributed by atoms with Gasteiger partial charge in [0.05, 0.1) is 22.5 Å². The van der Waals surface area contributed by atoms with Gasteiger partial charge >= 0.3 is 0 Å². The van der Waals surface area contributed by atoms with Crippen LogP contribution in [-0.4, -0.2) is 97.4 Å². The summed E-state index contributed by atoms with van der Waals surface area (Å²) in [5.74, 6) is 1.46. The minimum atomic E-state index is -3.21. The Kier molecular flexibility index (Phi) is 9.29. The van der Waals surface area contributed by atoms with Gasteiger partial charge in [-0.1, -0.05) is 11.6 Å². The summed E-state index contributed by atoms with van der Waals surface area (Å²) in [6, 6.07) is 5.11. The van der Waals surface area contributed by atoms with Gasteiger partial charge in [-0.15, -0.1) is 0 Å². The molecule has 0 unspecified atom stereocenters. The van der Waals surface area contributed by atoms with E-state index in [0.717, 1.165) is 18.4 Å². The van der Waals surface area contributed by atoms with E-state index in [-0.39, 0.29) is 23.5 Å². The van der Waals surface area contributed by atoms with E-state index in [9.17, 15) is 18.6 Å². The number of likely N-dealkylation sites (N-methyl/N-ethyl adjacent to an activating group) is 1. The van der Waals surface area contributed by atoms with Crippen LogP contribution in [0.5, 0.6) is 5.75 Å². The lowest BCUT2D eigenvalue weighted by molar-refractivity contribution is 0.108. The molecule has 2 saturated heterocycles. The van der Waals surface area contributed by atoms with Crippen molar-refractivity contribution in [1.82, 2.24) is 19.6 Å². The van der Waals surface area contributed by atoms with E-state index < -0.39 is 16.1 Å². The molecule has 1 aromatic heterocycles. The van der Waals surface area contributed by atoms with Gasteiger partial charge in [0.25, 0.3) is 0 Å². The van der Waals surface area contributed by atoms with Crippen molar-refractivity contribution in [3.63, 3.8) is 0 Å². The monoisotopic (exact) mass is 606 g/mol. The number of nitrogens with one attached hydrogen (secondary N) is 2. The number of allylic oxidation sites excluding steroid dienone is 2. The second kappa shape index (κ2) is 12.2. The Morgan fingerprint density at radius 2 is 1.90 bits per heavy atom. The SMILES string of the molecule is CNC[C@@H](O)COc1ccc(Cl)c(-c2nc(/C(C(C)=N)=C(\C)O)c(C)c(N3CC4(CCN(S(C)(=O)=O)CC4)C3)n2)c1. The molecule has 1 aromatic carbocycles. The molecule has 2 aromatic rings. The van der Waals surface area contributed by atoms with E-state index >= 15 is 0 Å². The zero-order valence-electron chi connectivity index (χ0n) is 24.2. The first kappa shape index (κ1) is 31.2. The van der Waals surface area contributed by atoms with Crippen molar-refractivity contribution in [2.24, 2.45) is 5.41 Å². The molecule has 3 heterocycles. The quantitative estimate of drug-likeness (QED) is 0.236. The van der Waals surface area contributed by atoms with E-state index in [4.69, 9.17) is 31.7 Å². The molecule has 0 aliphatic carbocycles. The summed E-state index contributed by atoms with van der Waals surface area (Å²) < 4.78 is 31.3. The molecule has 41 heavy (non-hydrogen) atoms. The average Bonchev–Trinajstić information content (AvgIpc) is 2.87. The molecule has 4 rings (SSSR count). The molecule has 0 radical (unpaired) electrons. The largest absolute Gasteiger partial charge is 0.512 e. The number of anilines is 1. The summed E-state index contributed by atoms with van der Waals surface area (Å²) in [6.45, 7) is 7.90. The highest BCUT2D eigenvalue weighted by Gasteiger charge is 2.47. The zero-order valence-corrected chi connectivity index (χ0v) is 25.7. The van der Waals surface area contributed by atoms with Crippen LogP contribution in [0, 0.1) is 17.7 Å². The third kappa shape index (κ3) is 6.83. The molecule has 0 bridgehead atoms. The van der Waals surface area contributed by atoms with Crippen LogP contribution in [0.3, 0.4) is 0 Å². The van der Waals surface area contributed by atoms with E-state index in [1.165, 1.54) is 17.5 Å². The van der Waals surface area contributed by atoms with Crippen molar-refractivity contribution in [2.75, 3.05) is 57.5 Å². The molecule has 0 saturated carbocycles. The Bertz CT molecular complexity index is 1440. The van der Waals surface area contributed by atoms with Gasteiger partial charge < -0.3 is 30.6 Å². The number of hydrogen-bond donors (Lipinski definition) is 4. The number of nitrogens with zero attached hydrogens (tertiary/aromatic N) is 4. The van der Waals surface area contributed by atoms with Crippen LogP contribution >= 0.6 is 11.6 Å². The summed E-state index contributed by atoms with van der Waals surface area (Å²) >= 11 is 6.62. The van der Waals surface area contributed by atoms with Gasteiger partial charge in [-0.2, -0.15) is 0 Å². The topological polar surface area (TPSA) is 152 Å². The van der Waals surface area contributed by atoms with Crippen LogP contribution in [0.25, 0.3) is 17.0 Å². The Morgan fingerprint density at radius 3 is 2.46 bits per heavy atom. The highest BCUT2D eigenvalue weighted by Crippen LogP contribution is 2.44. The summed E-state index contributed by atoms with van der Waals surface area (Å²) in [6.07, 6.45) is 2.10. The van der Waals surface area contributed by atoms with E-state index in [1.54, 1.807) is 32.2 Å². The number of aromatic nitrogens is 2. The molecule has 224 valence electrons. The third-order valence-electron chi connectivity index (χ3n) is 7.76. The number of aliphatic hydroxyl groups excluding tert-OH is 2. The maximum atomic E-state index is 12.0. The molecule has 2 aliphatic rings. The molecule has 0 amide bonds. The fraction of sp³-hybridized carbons (Fsp3) is 0.536. The van der Waals surface area contributed by atoms with Crippen molar-refractivity contribution in [2.45, 2.75) is 39.7 Å². The van der Waals surface area contributed by atoms with Gasteiger partial charge in [0.2, 0.25) is 10.0 Å². The van der Waals surface area contributed by atoms with Gasteiger partial charge in [0, 0.05) is 55.0 Å². The Labute approximate surface area is 246 Å². The summed E-state index contributed by atoms with van der Waals surface area (Å²) in [4.78, 5) is 11.8. The number of halogens is 1. The number of piperidine rings is 1. The summed E-state index contributed by atoms with van der Waals surface area (Å²) in [7, 11) is -1.46. The lowest BCUT2D eigenvalue weighted by Gasteiger charge is -2.54. The number of sulfonamides is 1. The first-order valence-corrected chi connectivity index (χ1v) is 15.8. The standard InChI is InChI=1S/C28H39ClN6O5S/c1-17-25(24(18(2)30)19(3)36)32-26(22-12-21(6-7-23(22)29)40-14-20(37)13-31-4)33-27(17)34-15-28(16-34)8-10-35(11-9-28)41(5,38)39/h6-7,12,20,30-31,36-37H,8-11,13-16H2,1-5H3/b24-19+,30-18?/t20-/m1/s1. The van der Waals surface area contributed by atoms with Gasteiger partial charge in [0.1, 0.15) is 30.0 Å². The maximum Gasteiger partial charge on any atom is 0.211 e. The Balaban J connectivity index is 1.70. The number of aliphatic hydroxyl groups is 2. The highest BCUT2D eigenvalue weighted by atomic mass is 35.5.